The molecule has 2 rings (SSSR count). The molecular formula is C12H18N2O. The van der Waals surface area contributed by atoms with Crippen LogP contribution in [0.15, 0.2) is 18.2 Å². The molecular weight excluding hydrogens is 188 g/mol. The van der Waals surface area contributed by atoms with Gasteiger partial charge in [-0.15, -0.1) is 0 Å². The Bertz CT molecular complexity index is 351. The molecule has 1 aliphatic rings. The Morgan fingerprint density at radius 2 is 2.33 bits per heavy atom. The maximum absolute atomic E-state index is 9.77. The zero-order chi connectivity index (χ0) is 10.8. The molecule has 3 heteroatoms. The van der Waals surface area contributed by atoms with Crippen LogP contribution in [0.3, 0.4) is 0 Å². The van der Waals surface area contributed by atoms with E-state index in [4.69, 9.17) is 5.73 Å². The van der Waals surface area contributed by atoms with Gasteiger partial charge in [0.2, 0.25) is 0 Å². The van der Waals surface area contributed by atoms with E-state index in [-0.39, 0.29) is 0 Å². The van der Waals surface area contributed by atoms with E-state index in [1.807, 2.05) is 6.07 Å². The van der Waals surface area contributed by atoms with Crippen molar-refractivity contribution in [3.63, 3.8) is 0 Å². The summed E-state index contributed by atoms with van der Waals surface area (Å²) in [5.74, 6) is 0.422. The molecule has 1 aliphatic heterocycles. The quantitative estimate of drug-likeness (QED) is 0.787. The van der Waals surface area contributed by atoms with Crippen molar-refractivity contribution in [3.8, 4) is 5.75 Å². The highest BCUT2D eigenvalue weighted by atomic mass is 16.3. The highest BCUT2D eigenvalue weighted by molar-refractivity contribution is 5.64. The van der Waals surface area contributed by atoms with Crippen LogP contribution in [0.1, 0.15) is 18.9 Å². The Labute approximate surface area is 90.5 Å². The summed E-state index contributed by atoms with van der Waals surface area (Å²) in [5, 5.41) is 9.77. The lowest BCUT2D eigenvalue weighted by Crippen LogP contribution is -2.33. The molecule has 1 aromatic rings. The number of phenols is 1. The number of nitrogens with two attached hydrogens (primary N) is 1. The summed E-state index contributed by atoms with van der Waals surface area (Å²) in [4.78, 5) is 2.34. The normalized spacial score (nSPS) is 19.3. The van der Waals surface area contributed by atoms with E-state index in [0.717, 1.165) is 24.9 Å². The number of aromatic hydroxyl groups is 1. The van der Waals surface area contributed by atoms with Gasteiger partial charge in [0, 0.05) is 23.8 Å². The Morgan fingerprint density at radius 1 is 1.53 bits per heavy atom. The van der Waals surface area contributed by atoms with Crippen molar-refractivity contribution in [3.05, 3.63) is 23.8 Å². The van der Waals surface area contributed by atoms with Gasteiger partial charge in [-0.25, -0.2) is 0 Å². The Hall–Kier alpha value is -1.22. The lowest BCUT2D eigenvalue weighted by atomic mass is 10.1. The molecule has 0 fully saturated rings. The third kappa shape index (κ3) is 1.67. The van der Waals surface area contributed by atoms with Crippen LogP contribution in [0.4, 0.5) is 5.69 Å². The van der Waals surface area contributed by atoms with Crippen molar-refractivity contribution in [1.29, 1.82) is 0 Å². The van der Waals surface area contributed by atoms with Gasteiger partial charge in [0.15, 0.2) is 0 Å². The van der Waals surface area contributed by atoms with Gasteiger partial charge in [0.1, 0.15) is 5.75 Å². The van der Waals surface area contributed by atoms with Crippen LogP contribution in [0, 0.1) is 0 Å². The average Bonchev–Trinajstić information content (AvgIpc) is 2.58. The average molecular weight is 206 g/mol. The van der Waals surface area contributed by atoms with Gasteiger partial charge in [0.25, 0.3) is 0 Å². The lowest BCUT2D eigenvalue weighted by Gasteiger charge is -2.25. The minimum atomic E-state index is 0.422. The second-order valence-corrected chi connectivity index (χ2v) is 4.00. The Kier molecular flexibility index (Phi) is 2.82. The fraction of sp³-hybridized carbons (Fsp3) is 0.500. The largest absolute Gasteiger partial charge is 0.508 e. The van der Waals surface area contributed by atoms with Gasteiger partial charge in [-0.2, -0.15) is 0 Å². The zero-order valence-corrected chi connectivity index (χ0v) is 9.11. The maximum Gasteiger partial charge on any atom is 0.120 e. The monoisotopic (exact) mass is 206 g/mol. The molecule has 0 aromatic heterocycles. The smallest absolute Gasteiger partial charge is 0.120 e. The van der Waals surface area contributed by atoms with Crippen molar-refractivity contribution in [2.24, 2.45) is 5.73 Å². The predicted octanol–water partition coefficient (Wildman–Crippen LogP) is 1.49. The first-order chi connectivity index (χ1) is 7.27. The van der Waals surface area contributed by atoms with E-state index < -0.39 is 0 Å². The Balaban J connectivity index is 2.32. The molecule has 3 nitrogen and oxygen atoms in total. The van der Waals surface area contributed by atoms with E-state index in [9.17, 15) is 5.11 Å². The van der Waals surface area contributed by atoms with Crippen LogP contribution in [0.5, 0.6) is 5.75 Å². The predicted molar refractivity (Wildman–Crippen MR) is 62.3 cm³/mol. The number of hydrogen-bond donors (Lipinski definition) is 2. The number of hydrogen-bond acceptors (Lipinski definition) is 3. The molecule has 1 unspecified atom stereocenters. The van der Waals surface area contributed by atoms with Gasteiger partial charge in [-0.05, 0) is 38.4 Å². The van der Waals surface area contributed by atoms with Crippen molar-refractivity contribution >= 4 is 5.69 Å². The fourth-order valence-electron chi connectivity index (χ4n) is 2.46. The van der Waals surface area contributed by atoms with E-state index in [2.05, 4.69) is 17.9 Å². The molecule has 82 valence electrons. The van der Waals surface area contributed by atoms with Gasteiger partial charge < -0.3 is 15.7 Å². The first-order valence-corrected chi connectivity index (χ1v) is 5.55. The molecule has 1 aromatic carbocycles. The van der Waals surface area contributed by atoms with Gasteiger partial charge in [0.05, 0.1) is 0 Å². The number of benzene rings is 1. The van der Waals surface area contributed by atoms with Crippen molar-refractivity contribution in [2.75, 3.05) is 18.0 Å². The van der Waals surface area contributed by atoms with Crippen LogP contribution in [0.2, 0.25) is 0 Å². The molecule has 0 bridgehead atoms. The molecule has 0 saturated heterocycles. The topological polar surface area (TPSA) is 49.5 Å². The van der Waals surface area contributed by atoms with E-state index >= 15 is 0 Å². The van der Waals surface area contributed by atoms with Crippen molar-refractivity contribution < 1.29 is 5.11 Å². The van der Waals surface area contributed by atoms with E-state index in [0.29, 0.717) is 18.3 Å². The molecule has 1 heterocycles. The third-order valence-electron chi connectivity index (χ3n) is 3.16. The maximum atomic E-state index is 9.77. The molecule has 0 saturated carbocycles. The highest BCUT2D eigenvalue weighted by Crippen LogP contribution is 2.38. The number of nitrogens with zero attached hydrogens (tertiary/aromatic N) is 1. The van der Waals surface area contributed by atoms with Gasteiger partial charge in [-0.1, -0.05) is 6.07 Å². The number of phenolic OH excluding ortho intramolecular Hbond substituents is 1. The lowest BCUT2D eigenvalue weighted by molar-refractivity contribution is 0.467. The number of likely N-dealkylation sites (N-methyl/N-ethyl adjacent to an activating group) is 1. The number of anilines is 1. The summed E-state index contributed by atoms with van der Waals surface area (Å²) in [6, 6.07) is 6.21. The highest BCUT2D eigenvalue weighted by Gasteiger charge is 2.29. The van der Waals surface area contributed by atoms with Crippen LogP contribution >= 0.6 is 0 Å². The molecule has 0 spiro atoms. The minimum Gasteiger partial charge on any atom is -0.508 e. The van der Waals surface area contributed by atoms with E-state index in [1.54, 1.807) is 6.07 Å². The molecule has 15 heavy (non-hydrogen) atoms. The summed E-state index contributed by atoms with van der Waals surface area (Å²) in [5.41, 5.74) is 7.87. The van der Waals surface area contributed by atoms with Crippen molar-refractivity contribution in [2.45, 2.75) is 25.8 Å². The van der Waals surface area contributed by atoms with Crippen LogP contribution < -0.4 is 10.6 Å². The van der Waals surface area contributed by atoms with Gasteiger partial charge in [-0.3, -0.25) is 0 Å². The second-order valence-electron chi connectivity index (χ2n) is 4.00. The summed E-state index contributed by atoms with van der Waals surface area (Å²) < 4.78 is 0. The zero-order valence-electron chi connectivity index (χ0n) is 9.11. The first-order valence-electron chi connectivity index (χ1n) is 5.55. The number of fused-ring (bicyclic) bond motifs is 1. The molecule has 0 amide bonds. The Morgan fingerprint density at radius 3 is 3.00 bits per heavy atom. The van der Waals surface area contributed by atoms with Crippen LogP contribution in [-0.4, -0.2) is 24.2 Å². The fourth-order valence-corrected chi connectivity index (χ4v) is 2.46. The molecule has 0 radical (unpaired) electrons. The van der Waals surface area contributed by atoms with E-state index in [1.165, 1.54) is 5.69 Å². The molecule has 0 aliphatic carbocycles. The van der Waals surface area contributed by atoms with Crippen LogP contribution in [0.25, 0.3) is 0 Å². The van der Waals surface area contributed by atoms with Crippen LogP contribution in [-0.2, 0) is 6.42 Å². The summed E-state index contributed by atoms with van der Waals surface area (Å²) in [6.45, 7) is 3.82. The molecule has 3 N–H and O–H groups in total. The number of rotatable bonds is 3. The summed E-state index contributed by atoms with van der Waals surface area (Å²) >= 11 is 0. The second kappa shape index (κ2) is 4.11. The summed E-state index contributed by atoms with van der Waals surface area (Å²) in [7, 11) is 0. The summed E-state index contributed by atoms with van der Waals surface area (Å²) in [6.07, 6.45) is 1.91. The minimum absolute atomic E-state index is 0.422. The molecule has 1 atom stereocenters. The standard InChI is InChI=1S/C12H18N2O/c1-2-14-9(6-7-13)8-10-11(14)4-3-5-12(10)15/h3-5,9,15H,2,6-8,13H2,1H3. The first kappa shape index (κ1) is 10.3. The van der Waals surface area contributed by atoms with Gasteiger partial charge >= 0.3 is 0 Å². The third-order valence-corrected chi connectivity index (χ3v) is 3.16. The van der Waals surface area contributed by atoms with Crippen molar-refractivity contribution in [1.82, 2.24) is 0 Å². The SMILES string of the molecule is CCN1c2cccc(O)c2CC1CCN.